The van der Waals surface area contributed by atoms with Crippen LogP contribution in [0, 0.1) is 0 Å². The quantitative estimate of drug-likeness (QED) is 0.715. The van der Waals surface area contributed by atoms with Crippen molar-refractivity contribution in [3.05, 3.63) is 35.4 Å². The first-order valence-corrected chi connectivity index (χ1v) is 5.27. The molecule has 1 aromatic carbocycles. The van der Waals surface area contributed by atoms with Gasteiger partial charge in [0.15, 0.2) is 5.72 Å². The van der Waals surface area contributed by atoms with Crippen LogP contribution in [0.4, 0.5) is 0 Å². The fourth-order valence-corrected chi connectivity index (χ4v) is 2.04. The first kappa shape index (κ1) is 10.2. The van der Waals surface area contributed by atoms with Crippen LogP contribution in [-0.2, 0) is 16.9 Å². The number of carbonyl (C=O) groups excluding carboxylic acids is 1. The highest BCUT2D eigenvalue weighted by molar-refractivity contribution is 5.76. The molecule has 0 saturated heterocycles. The Kier molecular flexibility index (Phi) is 2.49. The Morgan fingerprint density at radius 2 is 2.27 bits per heavy atom. The van der Waals surface area contributed by atoms with Crippen LogP contribution in [-0.4, -0.2) is 11.0 Å². The average molecular weight is 205 g/mol. The van der Waals surface area contributed by atoms with E-state index in [4.69, 9.17) is 0 Å². The number of amides is 1. The molecule has 1 aliphatic rings. The molecule has 0 radical (unpaired) electrons. The second-order valence-electron chi connectivity index (χ2n) is 3.92. The third kappa shape index (κ3) is 1.75. The van der Waals surface area contributed by atoms with Crippen LogP contribution < -0.4 is 5.32 Å². The summed E-state index contributed by atoms with van der Waals surface area (Å²) in [5, 5.41) is 13.0. The molecule has 3 nitrogen and oxygen atoms in total. The lowest BCUT2D eigenvalue weighted by Crippen LogP contribution is -2.43. The number of carbonyl (C=O) groups is 1. The molecular formula is C12H15NO2. The fraction of sp³-hybridized carbons (Fsp3) is 0.417. The van der Waals surface area contributed by atoms with Crippen LogP contribution in [0.15, 0.2) is 24.3 Å². The molecule has 0 fully saturated rings. The lowest BCUT2D eigenvalue weighted by molar-refractivity contribution is -0.129. The van der Waals surface area contributed by atoms with Gasteiger partial charge in [-0.3, -0.25) is 4.79 Å². The van der Waals surface area contributed by atoms with Crippen molar-refractivity contribution >= 4 is 5.91 Å². The van der Waals surface area contributed by atoms with Gasteiger partial charge in [0.05, 0.1) is 0 Å². The first-order chi connectivity index (χ1) is 7.15. The zero-order valence-corrected chi connectivity index (χ0v) is 8.79. The molecule has 0 bridgehead atoms. The van der Waals surface area contributed by atoms with Gasteiger partial charge in [-0.1, -0.05) is 31.2 Å². The highest BCUT2D eigenvalue weighted by Crippen LogP contribution is 2.34. The third-order valence-electron chi connectivity index (χ3n) is 2.89. The lowest BCUT2D eigenvalue weighted by atomic mass is 10.0. The molecule has 3 heteroatoms. The molecule has 1 aromatic rings. The van der Waals surface area contributed by atoms with Gasteiger partial charge in [-0.15, -0.1) is 0 Å². The van der Waals surface area contributed by atoms with Crippen LogP contribution in [0.5, 0.6) is 0 Å². The minimum Gasteiger partial charge on any atom is -0.367 e. The number of aliphatic hydroxyl groups is 1. The maximum atomic E-state index is 11.3. The van der Waals surface area contributed by atoms with Crippen molar-refractivity contribution in [1.29, 1.82) is 0 Å². The highest BCUT2D eigenvalue weighted by atomic mass is 16.3. The third-order valence-corrected chi connectivity index (χ3v) is 2.89. The van der Waals surface area contributed by atoms with Crippen molar-refractivity contribution in [1.82, 2.24) is 5.32 Å². The van der Waals surface area contributed by atoms with Gasteiger partial charge in [0.2, 0.25) is 5.91 Å². The van der Waals surface area contributed by atoms with Crippen molar-refractivity contribution < 1.29 is 9.90 Å². The molecule has 15 heavy (non-hydrogen) atoms. The topological polar surface area (TPSA) is 49.3 Å². The minimum atomic E-state index is -1.15. The van der Waals surface area contributed by atoms with Crippen molar-refractivity contribution in [2.75, 3.05) is 0 Å². The Balaban J connectivity index is 2.28. The van der Waals surface area contributed by atoms with E-state index in [1.54, 1.807) is 6.92 Å². The summed E-state index contributed by atoms with van der Waals surface area (Å²) in [6, 6.07) is 7.70. The van der Waals surface area contributed by atoms with E-state index in [0.29, 0.717) is 12.8 Å². The van der Waals surface area contributed by atoms with Gasteiger partial charge in [-0.05, 0) is 12.0 Å². The molecule has 2 N–H and O–H groups in total. The molecular weight excluding hydrogens is 190 g/mol. The molecule has 0 heterocycles. The van der Waals surface area contributed by atoms with Crippen LogP contribution in [0.2, 0.25) is 0 Å². The van der Waals surface area contributed by atoms with Gasteiger partial charge < -0.3 is 10.4 Å². The molecule has 2 rings (SSSR count). The van der Waals surface area contributed by atoms with Crippen LogP contribution in [0.1, 0.15) is 30.9 Å². The summed E-state index contributed by atoms with van der Waals surface area (Å²) in [6.07, 6.45) is 1.78. The normalized spacial score (nSPS) is 23.6. The Morgan fingerprint density at radius 1 is 1.53 bits per heavy atom. The van der Waals surface area contributed by atoms with Gasteiger partial charge in [0.1, 0.15) is 0 Å². The summed E-state index contributed by atoms with van der Waals surface area (Å²) in [5.41, 5.74) is 0.812. The predicted octanol–water partition coefficient (Wildman–Crippen LogP) is 1.30. The maximum Gasteiger partial charge on any atom is 0.222 e. The van der Waals surface area contributed by atoms with E-state index >= 15 is 0 Å². The number of nitrogens with one attached hydrogen (secondary N) is 1. The number of fused-ring (bicyclic) bond motifs is 1. The smallest absolute Gasteiger partial charge is 0.222 e. The van der Waals surface area contributed by atoms with Crippen LogP contribution >= 0.6 is 0 Å². The second kappa shape index (κ2) is 3.66. The lowest BCUT2D eigenvalue weighted by Gasteiger charge is -2.25. The molecule has 0 aromatic heterocycles. The number of aryl methyl sites for hydroxylation is 1. The van der Waals surface area contributed by atoms with Crippen LogP contribution in [0.3, 0.4) is 0 Å². The molecule has 0 aliphatic heterocycles. The largest absolute Gasteiger partial charge is 0.367 e. The number of hydrogen-bond donors (Lipinski definition) is 2. The monoisotopic (exact) mass is 205 g/mol. The zero-order valence-electron chi connectivity index (χ0n) is 8.79. The Morgan fingerprint density at radius 3 is 3.00 bits per heavy atom. The zero-order chi connectivity index (χ0) is 10.9. The van der Waals surface area contributed by atoms with E-state index in [2.05, 4.69) is 5.32 Å². The Bertz CT molecular complexity index is 389. The summed E-state index contributed by atoms with van der Waals surface area (Å²) in [6.45, 7) is 1.78. The van der Waals surface area contributed by atoms with Crippen molar-refractivity contribution in [3.8, 4) is 0 Å². The number of rotatable bonds is 2. The number of hydrogen-bond acceptors (Lipinski definition) is 2. The van der Waals surface area contributed by atoms with E-state index in [1.807, 2.05) is 24.3 Å². The molecule has 1 unspecified atom stereocenters. The van der Waals surface area contributed by atoms with Gasteiger partial charge in [0, 0.05) is 18.4 Å². The van der Waals surface area contributed by atoms with Crippen molar-refractivity contribution in [2.24, 2.45) is 0 Å². The fourth-order valence-electron chi connectivity index (χ4n) is 2.04. The first-order valence-electron chi connectivity index (χ1n) is 5.27. The Labute approximate surface area is 89.1 Å². The molecule has 1 aliphatic carbocycles. The van der Waals surface area contributed by atoms with Gasteiger partial charge in [-0.2, -0.15) is 0 Å². The van der Waals surface area contributed by atoms with Gasteiger partial charge >= 0.3 is 0 Å². The summed E-state index contributed by atoms with van der Waals surface area (Å²) >= 11 is 0. The van der Waals surface area contributed by atoms with Crippen molar-refractivity contribution in [3.63, 3.8) is 0 Å². The van der Waals surface area contributed by atoms with Gasteiger partial charge in [0.25, 0.3) is 0 Å². The van der Waals surface area contributed by atoms with Gasteiger partial charge in [-0.25, -0.2) is 0 Å². The molecule has 1 amide bonds. The predicted molar refractivity (Wildman–Crippen MR) is 57.1 cm³/mol. The molecule has 0 spiro atoms. The van der Waals surface area contributed by atoms with E-state index in [9.17, 15) is 9.90 Å². The summed E-state index contributed by atoms with van der Waals surface area (Å²) in [4.78, 5) is 11.3. The summed E-state index contributed by atoms with van der Waals surface area (Å²) < 4.78 is 0. The number of benzene rings is 1. The SMILES string of the molecule is CCC(=O)NC1(O)CCc2ccccc21. The molecule has 0 saturated carbocycles. The summed E-state index contributed by atoms with van der Waals surface area (Å²) in [7, 11) is 0. The van der Waals surface area contributed by atoms with Crippen molar-refractivity contribution in [2.45, 2.75) is 31.9 Å². The standard InChI is InChI=1S/C12H15NO2/c1-2-11(14)13-12(15)8-7-9-5-3-4-6-10(9)12/h3-6,15H,2,7-8H2,1H3,(H,13,14). The van der Waals surface area contributed by atoms with E-state index < -0.39 is 5.72 Å². The molecule has 1 atom stereocenters. The summed E-state index contributed by atoms with van der Waals surface area (Å²) in [5.74, 6) is -0.116. The van der Waals surface area contributed by atoms with E-state index in [0.717, 1.165) is 17.5 Å². The maximum absolute atomic E-state index is 11.3. The minimum absolute atomic E-state index is 0.116. The van der Waals surface area contributed by atoms with E-state index in [-0.39, 0.29) is 5.91 Å². The highest BCUT2D eigenvalue weighted by Gasteiger charge is 2.37. The average Bonchev–Trinajstić information content (AvgIpc) is 2.57. The van der Waals surface area contributed by atoms with E-state index in [1.165, 1.54) is 0 Å². The van der Waals surface area contributed by atoms with Crippen LogP contribution in [0.25, 0.3) is 0 Å². The molecule has 80 valence electrons. The second-order valence-corrected chi connectivity index (χ2v) is 3.92. The Hall–Kier alpha value is -1.35.